The van der Waals surface area contributed by atoms with Gasteiger partial charge < -0.3 is 19.5 Å². The van der Waals surface area contributed by atoms with Gasteiger partial charge in [0.05, 0.1) is 6.26 Å². The Bertz CT molecular complexity index is 581. The van der Waals surface area contributed by atoms with Gasteiger partial charge in [0.2, 0.25) is 0 Å². The lowest BCUT2D eigenvalue weighted by atomic mass is 9.95. The number of furan rings is 1. The lowest BCUT2D eigenvalue weighted by Gasteiger charge is -2.37. The number of piperazine rings is 1. The SMILES string of the molecule is O=C(c1ccco1)N1CCN(C(=S)N[C@H]2C[C@@H]3CC[C@H]2C3)CC1. The van der Waals surface area contributed by atoms with Crippen LogP contribution in [0.25, 0.3) is 0 Å². The second-order valence-corrected chi connectivity index (χ2v) is 7.37. The van der Waals surface area contributed by atoms with Crippen LogP contribution in [-0.4, -0.2) is 53.0 Å². The molecule has 2 heterocycles. The minimum atomic E-state index is -0.0263. The van der Waals surface area contributed by atoms with E-state index in [1.807, 2.05) is 4.90 Å². The zero-order chi connectivity index (χ0) is 15.8. The Morgan fingerprint density at radius 1 is 1.17 bits per heavy atom. The first-order valence-corrected chi connectivity index (χ1v) is 9.00. The van der Waals surface area contributed by atoms with E-state index in [1.165, 1.54) is 31.9 Å². The third kappa shape index (κ3) is 2.96. The molecular formula is C17H23N3O2S. The van der Waals surface area contributed by atoms with Crippen LogP contribution in [0.3, 0.4) is 0 Å². The summed E-state index contributed by atoms with van der Waals surface area (Å²) < 4.78 is 5.20. The largest absolute Gasteiger partial charge is 0.459 e. The number of thiocarbonyl (C=S) groups is 1. The average Bonchev–Trinajstić information content (AvgIpc) is 3.32. The van der Waals surface area contributed by atoms with Crippen LogP contribution in [0, 0.1) is 11.8 Å². The van der Waals surface area contributed by atoms with E-state index in [2.05, 4.69) is 10.2 Å². The molecule has 3 atom stereocenters. The fraction of sp³-hybridized carbons (Fsp3) is 0.647. The fourth-order valence-corrected chi connectivity index (χ4v) is 4.67. The summed E-state index contributed by atoms with van der Waals surface area (Å²) in [5.41, 5.74) is 0. The van der Waals surface area contributed by atoms with Gasteiger partial charge in [-0.15, -0.1) is 0 Å². The minimum Gasteiger partial charge on any atom is -0.459 e. The summed E-state index contributed by atoms with van der Waals surface area (Å²) >= 11 is 5.60. The van der Waals surface area contributed by atoms with Gasteiger partial charge in [0.1, 0.15) is 0 Å². The molecule has 1 aromatic heterocycles. The number of fused-ring (bicyclic) bond motifs is 2. The molecule has 0 radical (unpaired) electrons. The van der Waals surface area contributed by atoms with Crippen molar-refractivity contribution in [1.82, 2.24) is 15.1 Å². The van der Waals surface area contributed by atoms with E-state index in [9.17, 15) is 4.79 Å². The van der Waals surface area contributed by atoms with E-state index in [0.717, 1.165) is 30.0 Å². The number of hydrogen-bond donors (Lipinski definition) is 1. The average molecular weight is 333 g/mol. The minimum absolute atomic E-state index is 0.0263. The standard InChI is InChI=1S/C17H23N3O2S/c21-16(15-2-1-9-22-15)19-5-7-20(8-6-19)17(23)18-14-11-12-3-4-13(14)10-12/h1-2,9,12-14H,3-8,10-11H2,(H,18,23)/t12-,13+,14+/m1/s1. The van der Waals surface area contributed by atoms with E-state index in [1.54, 1.807) is 12.1 Å². The van der Waals surface area contributed by atoms with E-state index in [4.69, 9.17) is 16.6 Å². The number of carbonyl (C=O) groups excluding carboxylic acids is 1. The molecule has 2 bridgehead atoms. The highest BCUT2D eigenvalue weighted by Gasteiger charge is 2.40. The Labute approximate surface area is 142 Å². The number of nitrogens with zero attached hydrogens (tertiary/aromatic N) is 2. The molecule has 5 nitrogen and oxygen atoms in total. The van der Waals surface area contributed by atoms with Gasteiger partial charge in [-0.05, 0) is 55.4 Å². The van der Waals surface area contributed by atoms with Gasteiger partial charge in [-0.3, -0.25) is 4.79 Å². The molecule has 0 unspecified atom stereocenters. The molecule has 6 heteroatoms. The van der Waals surface area contributed by atoms with Crippen LogP contribution in [-0.2, 0) is 0 Å². The van der Waals surface area contributed by atoms with Gasteiger partial charge in [0.15, 0.2) is 10.9 Å². The maximum absolute atomic E-state index is 12.3. The van der Waals surface area contributed by atoms with Crippen molar-refractivity contribution in [1.29, 1.82) is 0 Å². The Morgan fingerprint density at radius 3 is 2.57 bits per heavy atom. The van der Waals surface area contributed by atoms with Crippen LogP contribution in [0.1, 0.15) is 36.2 Å². The molecule has 2 aliphatic carbocycles. The van der Waals surface area contributed by atoms with Crippen LogP contribution < -0.4 is 5.32 Å². The Kier molecular flexibility index (Phi) is 4.01. The van der Waals surface area contributed by atoms with Crippen LogP contribution in [0.4, 0.5) is 0 Å². The molecule has 0 aromatic carbocycles. The first-order chi connectivity index (χ1) is 11.2. The van der Waals surface area contributed by atoms with Crippen molar-refractivity contribution in [2.75, 3.05) is 26.2 Å². The van der Waals surface area contributed by atoms with Crippen molar-refractivity contribution in [2.45, 2.75) is 31.7 Å². The van der Waals surface area contributed by atoms with Crippen molar-refractivity contribution in [3.8, 4) is 0 Å². The molecule has 0 spiro atoms. The van der Waals surface area contributed by atoms with Crippen molar-refractivity contribution in [2.24, 2.45) is 11.8 Å². The zero-order valence-electron chi connectivity index (χ0n) is 13.2. The number of amides is 1. The quantitative estimate of drug-likeness (QED) is 0.840. The molecular weight excluding hydrogens is 310 g/mol. The molecule has 1 saturated heterocycles. The Morgan fingerprint density at radius 2 is 1.96 bits per heavy atom. The lowest BCUT2D eigenvalue weighted by molar-refractivity contribution is 0.0658. The van der Waals surface area contributed by atoms with Crippen molar-refractivity contribution < 1.29 is 9.21 Å². The second kappa shape index (κ2) is 6.15. The van der Waals surface area contributed by atoms with E-state index in [0.29, 0.717) is 24.9 Å². The van der Waals surface area contributed by atoms with Gasteiger partial charge in [0.25, 0.3) is 5.91 Å². The molecule has 1 amide bonds. The van der Waals surface area contributed by atoms with E-state index >= 15 is 0 Å². The summed E-state index contributed by atoms with van der Waals surface area (Å²) in [6, 6.07) is 4.04. The van der Waals surface area contributed by atoms with Crippen molar-refractivity contribution in [3.05, 3.63) is 24.2 Å². The Balaban J connectivity index is 1.28. The second-order valence-electron chi connectivity index (χ2n) is 6.99. The van der Waals surface area contributed by atoms with Crippen molar-refractivity contribution >= 4 is 23.2 Å². The van der Waals surface area contributed by atoms with Gasteiger partial charge in [-0.2, -0.15) is 0 Å². The highest BCUT2D eigenvalue weighted by atomic mass is 32.1. The van der Waals surface area contributed by atoms with Crippen LogP contribution >= 0.6 is 12.2 Å². The van der Waals surface area contributed by atoms with Gasteiger partial charge >= 0.3 is 0 Å². The molecule has 3 fully saturated rings. The van der Waals surface area contributed by atoms with Crippen molar-refractivity contribution in [3.63, 3.8) is 0 Å². The van der Waals surface area contributed by atoms with E-state index < -0.39 is 0 Å². The molecule has 124 valence electrons. The number of hydrogen-bond acceptors (Lipinski definition) is 3. The molecule has 1 aliphatic heterocycles. The number of rotatable bonds is 2. The number of nitrogens with one attached hydrogen (secondary N) is 1. The predicted octanol–water partition coefficient (Wildman–Crippen LogP) is 2.10. The summed E-state index contributed by atoms with van der Waals surface area (Å²) in [5.74, 6) is 2.13. The molecule has 1 aromatic rings. The Hall–Kier alpha value is -1.56. The lowest BCUT2D eigenvalue weighted by Crippen LogP contribution is -2.55. The third-order valence-corrected chi connectivity index (χ3v) is 6.01. The fourth-order valence-electron chi connectivity index (χ4n) is 4.34. The normalized spacial score (nSPS) is 29.8. The molecule has 23 heavy (non-hydrogen) atoms. The van der Waals surface area contributed by atoms with Gasteiger partial charge in [-0.1, -0.05) is 6.42 Å². The predicted molar refractivity (Wildman–Crippen MR) is 91.2 cm³/mol. The first-order valence-electron chi connectivity index (χ1n) is 8.59. The summed E-state index contributed by atoms with van der Waals surface area (Å²) in [5, 5.41) is 4.46. The van der Waals surface area contributed by atoms with Crippen LogP contribution in [0.2, 0.25) is 0 Å². The smallest absolute Gasteiger partial charge is 0.289 e. The summed E-state index contributed by atoms with van der Waals surface area (Å²) in [4.78, 5) is 16.3. The monoisotopic (exact) mass is 333 g/mol. The number of carbonyl (C=O) groups is 1. The highest BCUT2D eigenvalue weighted by molar-refractivity contribution is 7.80. The molecule has 3 aliphatic rings. The molecule has 1 N–H and O–H groups in total. The maximum Gasteiger partial charge on any atom is 0.289 e. The first kappa shape index (κ1) is 15.0. The van der Waals surface area contributed by atoms with Gasteiger partial charge in [-0.25, -0.2) is 0 Å². The highest BCUT2D eigenvalue weighted by Crippen LogP contribution is 2.44. The topological polar surface area (TPSA) is 48.7 Å². The van der Waals surface area contributed by atoms with E-state index in [-0.39, 0.29) is 5.91 Å². The summed E-state index contributed by atoms with van der Waals surface area (Å²) in [7, 11) is 0. The molecule has 4 rings (SSSR count). The summed E-state index contributed by atoms with van der Waals surface area (Å²) in [6.45, 7) is 2.97. The third-order valence-electron chi connectivity index (χ3n) is 5.63. The van der Waals surface area contributed by atoms with Crippen LogP contribution in [0.5, 0.6) is 0 Å². The van der Waals surface area contributed by atoms with Crippen LogP contribution in [0.15, 0.2) is 22.8 Å². The van der Waals surface area contributed by atoms with Gasteiger partial charge in [0, 0.05) is 32.2 Å². The molecule has 2 saturated carbocycles. The summed E-state index contributed by atoms with van der Waals surface area (Å²) in [6.07, 6.45) is 6.96. The maximum atomic E-state index is 12.3. The zero-order valence-corrected chi connectivity index (χ0v) is 14.1.